The lowest BCUT2D eigenvalue weighted by Crippen LogP contribution is -2.34. The molecule has 0 spiro atoms. The Morgan fingerprint density at radius 2 is 1.86 bits per heavy atom. The van der Waals surface area contributed by atoms with E-state index < -0.39 is 0 Å². The van der Waals surface area contributed by atoms with Gasteiger partial charge in [0.25, 0.3) is 0 Å². The number of ether oxygens (including phenoxy) is 2. The van der Waals surface area contributed by atoms with Crippen molar-refractivity contribution >= 4 is 35.6 Å². The first-order chi connectivity index (χ1) is 9.50. The first-order valence-corrected chi connectivity index (χ1v) is 6.72. The molecule has 1 aromatic carbocycles. The van der Waals surface area contributed by atoms with Gasteiger partial charge in [0.1, 0.15) is 0 Å². The largest absolute Gasteiger partial charge is 0.493 e. The SMILES string of the molecule is CN=C(Nc1ccc(OC)c(OC)c1)NC1CC1(C)C.I. The monoisotopic (exact) mass is 405 g/mol. The Bertz CT molecular complexity index is 518. The van der Waals surface area contributed by atoms with E-state index in [1.165, 1.54) is 6.42 Å². The first kappa shape index (κ1) is 17.9. The predicted octanol–water partition coefficient (Wildman–Crippen LogP) is 3.11. The van der Waals surface area contributed by atoms with Gasteiger partial charge in [-0.15, -0.1) is 24.0 Å². The van der Waals surface area contributed by atoms with Crippen molar-refractivity contribution in [2.24, 2.45) is 10.4 Å². The number of methoxy groups -OCH3 is 2. The van der Waals surface area contributed by atoms with Gasteiger partial charge < -0.3 is 20.1 Å². The predicted molar refractivity (Wildman–Crippen MR) is 97.3 cm³/mol. The van der Waals surface area contributed by atoms with Gasteiger partial charge in [0.05, 0.1) is 14.2 Å². The maximum absolute atomic E-state index is 5.29. The van der Waals surface area contributed by atoms with Gasteiger partial charge in [0, 0.05) is 24.8 Å². The third-order valence-corrected chi connectivity index (χ3v) is 3.69. The molecule has 1 aromatic rings. The van der Waals surface area contributed by atoms with Crippen molar-refractivity contribution in [2.75, 3.05) is 26.6 Å². The number of anilines is 1. The summed E-state index contributed by atoms with van der Waals surface area (Å²) in [5, 5.41) is 6.68. The summed E-state index contributed by atoms with van der Waals surface area (Å²) in [6.45, 7) is 4.49. The average molecular weight is 405 g/mol. The minimum Gasteiger partial charge on any atom is -0.493 e. The van der Waals surface area contributed by atoms with Crippen molar-refractivity contribution in [3.8, 4) is 11.5 Å². The van der Waals surface area contributed by atoms with Gasteiger partial charge in [-0.2, -0.15) is 0 Å². The molecule has 0 bridgehead atoms. The highest BCUT2D eigenvalue weighted by atomic mass is 127. The van der Waals surface area contributed by atoms with E-state index in [0.717, 1.165) is 11.6 Å². The lowest BCUT2D eigenvalue weighted by molar-refractivity contribution is 0.355. The lowest BCUT2D eigenvalue weighted by Gasteiger charge is -2.14. The topological polar surface area (TPSA) is 54.9 Å². The molecule has 1 aliphatic carbocycles. The van der Waals surface area contributed by atoms with Crippen LogP contribution in [-0.4, -0.2) is 33.3 Å². The van der Waals surface area contributed by atoms with Gasteiger partial charge in [-0.25, -0.2) is 0 Å². The fraction of sp³-hybridized carbons (Fsp3) is 0.533. The molecule has 1 fully saturated rings. The first-order valence-electron chi connectivity index (χ1n) is 6.72. The summed E-state index contributed by atoms with van der Waals surface area (Å²) < 4.78 is 10.5. The van der Waals surface area contributed by atoms with Crippen molar-refractivity contribution in [1.29, 1.82) is 0 Å². The van der Waals surface area contributed by atoms with Crippen molar-refractivity contribution < 1.29 is 9.47 Å². The van der Waals surface area contributed by atoms with Crippen LogP contribution in [0.5, 0.6) is 11.5 Å². The fourth-order valence-corrected chi connectivity index (χ4v) is 2.09. The van der Waals surface area contributed by atoms with E-state index in [2.05, 4.69) is 29.5 Å². The second-order valence-corrected chi connectivity index (χ2v) is 5.66. The highest BCUT2D eigenvalue weighted by Gasteiger charge is 2.46. The van der Waals surface area contributed by atoms with Crippen LogP contribution in [0.15, 0.2) is 23.2 Å². The summed E-state index contributed by atoms with van der Waals surface area (Å²) in [5.74, 6) is 2.18. The average Bonchev–Trinajstić information content (AvgIpc) is 3.04. The Morgan fingerprint density at radius 3 is 2.33 bits per heavy atom. The Morgan fingerprint density at radius 1 is 1.24 bits per heavy atom. The third kappa shape index (κ3) is 4.39. The highest BCUT2D eigenvalue weighted by Crippen LogP contribution is 2.44. The van der Waals surface area contributed by atoms with Crippen molar-refractivity contribution in [1.82, 2.24) is 5.32 Å². The molecule has 0 aliphatic heterocycles. The molecule has 0 radical (unpaired) electrons. The van der Waals surface area contributed by atoms with Crippen LogP contribution in [0.1, 0.15) is 20.3 Å². The lowest BCUT2D eigenvalue weighted by atomic mass is 10.2. The minimum atomic E-state index is 0. The van der Waals surface area contributed by atoms with Crippen molar-refractivity contribution in [3.63, 3.8) is 0 Å². The number of hydrogen-bond acceptors (Lipinski definition) is 3. The van der Waals surface area contributed by atoms with Crippen molar-refractivity contribution in [3.05, 3.63) is 18.2 Å². The van der Waals surface area contributed by atoms with Gasteiger partial charge >= 0.3 is 0 Å². The molecule has 1 atom stereocenters. The zero-order chi connectivity index (χ0) is 14.8. The van der Waals surface area contributed by atoms with Crippen LogP contribution in [0.2, 0.25) is 0 Å². The van der Waals surface area contributed by atoms with E-state index in [0.29, 0.717) is 23.0 Å². The molecule has 0 aromatic heterocycles. The van der Waals surface area contributed by atoms with Crippen LogP contribution >= 0.6 is 24.0 Å². The van der Waals surface area contributed by atoms with Crippen LogP contribution < -0.4 is 20.1 Å². The molecule has 1 saturated carbocycles. The van der Waals surface area contributed by atoms with Gasteiger partial charge in [0.2, 0.25) is 0 Å². The zero-order valence-corrected chi connectivity index (χ0v) is 15.5. The van der Waals surface area contributed by atoms with Crippen LogP contribution in [0.25, 0.3) is 0 Å². The molecule has 0 saturated heterocycles. The van der Waals surface area contributed by atoms with E-state index >= 15 is 0 Å². The number of nitrogens with zero attached hydrogens (tertiary/aromatic N) is 1. The zero-order valence-electron chi connectivity index (χ0n) is 13.2. The van der Waals surface area contributed by atoms with Crippen LogP contribution in [0.3, 0.4) is 0 Å². The van der Waals surface area contributed by atoms with E-state index in [9.17, 15) is 0 Å². The van der Waals surface area contributed by atoms with Crippen molar-refractivity contribution in [2.45, 2.75) is 26.3 Å². The standard InChI is InChI=1S/C15H23N3O2.HI/c1-15(2)9-13(15)18-14(16-3)17-10-6-7-11(19-4)12(8-10)20-5;/h6-8,13H,9H2,1-5H3,(H2,16,17,18);1H. The summed E-state index contributed by atoms with van der Waals surface area (Å²) in [4.78, 5) is 4.25. The Hall–Kier alpha value is -1.18. The maximum Gasteiger partial charge on any atom is 0.195 e. The number of aliphatic imine (C=N–C) groups is 1. The molecule has 2 rings (SSSR count). The summed E-state index contributed by atoms with van der Waals surface area (Å²) >= 11 is 0. The van der Waals surface area contributed by atoms with Gasteiger partial charge in [0.15, 0.2) is 17.5 Å². The normalized spacial score (nSPS) is 19.3. The Labute approximate surface area is 143 Å². The molecule has 6 heteroatoms. The summed E-state index contributed by atoms with van der Waals surface area (Å²) in [6.07, 6.45) is 1.17. The van der Waals surface area contributed by atoms with Crippen LogP contribution in [0.4, 0.5) is 5.69 Å². The molecule has 21 heavy (non-hydrogen) atoms. The number of rotatable bonds is 4. The van der Waals surface area contributed by atoms with Crippen LogP contribution in [-0.2, 0) is 0 Å². The van der Waals surface area contributed by atoms with Gasteiger partial charge in [-0.1, -0.05) is 13.8 Å². The quantitative estimate of drug-likeness (QED) is 0.459. The van der Waals surface area contributed by atoms with E-state index in [4.69, 9.17) is 9.47 Å². The number of nitrogens with one attached hydrogen (secondary N) is 2. The smallest absolute Gasteiger partial charge is 0.195 e. The molecule has 0 amide bonds. The Balaban J connectivity index is 0.00000220. The molecule has 1 unspecified atom stereocenters. The molecule has 118 valence electrons. The fourth-order valence-electron chi connectivity index (χ4n) is 2.09. The molecular weight excluding hydrogens is 381 g/mol. The second kappa shape index (κ2) is 7.20. The summed E-state index contributed by atoms with van der Waals surface area (Å²) in [5.41, 5.74) is 1.27. The maximum atomic E-state index is 5.29. The number of hydrogen-bond donors (Lipinski definition) is 2. The summed E-state index contributed by atoms with van der Waals surface area (Å²) in [6, 6.07) is 6.18. The highest BCUT2D eigenvalue weighted by molar-refractivity contribution is 14.0. The molecule has 0 heterocycles. The Kier molecular flexibility index (Phi) is 6.12. The van der Waals surface area contributed by atoms with E-state index in [1.807, 2.05) is 18.2 Å². The van der Waals surface area contributed by atoms with E-state index in [1.54, 1.807) is 21.3 Å². The van der Waals surface area contributed by atoms with Gasteiger partial charge in [-0.05, 0) is 24.0 Å². The molecular formula is C15H24IN3O2. The molecule has 1 aliphatic rings. The molecule has 2 N–H and O–H groups in total. The second-order valence-electron chi connectivity index (χ2n) is 5.66. The molecule has 5 nitrogen and oxygen atoms in total. The minimum absolute atomic E-state index is 0. The summed E-state index contributed by atoms with van der Waals surface area (Å²) in [7, 11) is 5.02. The number of halogens is 1. The number of guanidine groups is 1. The van der Waals surface area contributed by atoms with Gasteiger partial charge in [-0.3, -0.25) is 4.99 Å². The number of benzene rings is 1. The third-order valence-electron chi connectivity index (χ3n) is 3.69. The van der Waals surface area contributed by atoms with E-state index in [-0.39, 0.29) is 24.0 Å². The van der Waals surface area contributed by atoms with Crippen LogP contribution in [0, 0.1) is 5.41 Å².